The van der Waals surface area contributed by atoms with Crippen molar-refractivity contribution in [3.8, 4) is 11.5 Å². The summed E-state index contributed by atoms with van der Waals surface area (Å²) in [6.07, 6.45) is 4.14. The van der Waals surface area contributed by atoms with Crippen molar-refractivity contribution < 1.29 is 19.7 Å². The Morgan fingerprint density at radius 1 is 1.41 bits per heavy atom. The van der Waals surface area contributed by atoms with Crippen molar-refractivity contribution in [2.45, 2.75) is 65.4 Å². The van der Waals surface area contributed by atoms with Gasteiger partial charge in [-0.2, -0.15) is 0 Å². The maximum absolute atomic E-state index is 10.9. The molecule has 0 saturated heterocycles. The summed E-state index contributed by atoms with van der Waals surface area (Å²) in [7, 11) is 0. The Labute approximate surface area is 132 Å². The average molecular weight is 306 g/mol. The van der Waals surface area contributed by atoms with E-state index in [9.17, 15) is 9.90 Å². The number of aliphatic carboxylic acids is 1. The van der Waals surface area contributed by atoms with E-state index in [1.807, 2.05) is 19.9 Å². The zero-order valence-corrected chi connectivity index (χ0v) is 13.9. The normalized spacial score (nSPS) is 21.8. The lowest BCUT2D eigenvalue weighted by Gasteiger charge is -2.37. The van der Waals surface area contributed by atoms with Crippen LogP contribution in [0.5, 0.6) is 11.5 Å². The number of hydrogen-bond acceptors (Lipinski definition) is 3. The fourth-order valence-corrected chi connectivity index (χ4v) is 3.05. The van der Waals surface area contributed by atoms with E-state index >= 15 is 0 Å². The Morgan fingerprint density at radius 3 is 2.73 bits per heavy atom. The molecule has 4 nitrogen and oxygen atoms in total. The molecule has 0 aliphatic carbocycles. The summed E-state index contributed by atoms with van der Waals surface area (Å²) in [6, 6.07) is 1.81. The second-order valence-electron chi connectivity index (χ2n) is 6.82. The lowest BCUT2D eigenvalue weighted by Crippen LogP contribution is -2.36. The van der Waals surface area contributed by atoms with Crippen molar-refractivity contribution in [1.29, 1.82) is 0 Å². The summed E-state index contributed by atoms with van der Waals surface area (Å²) >= 11 is 0. The molecule has 0 radical (unpaired) electrons. The number of carboxylic acids is 1. The minimum Gasteiger partial charge on any atom is -0.508 e. The van der Waals surface area contributed by atoms with Gasteiger partial charge in [0.2, 0.25) is 0 Å². The Hall–Kier alpha value is -1.71. The molecule has 1 aliphatic heterocycles. The summed E-state index contributed by atoms with van der Waals surface area (Å²) in [5.74, 6) is 0.191. The van der Waals surface area contributed by atoms with E-state index in [2.05, 4.69) is 6.92 Å². The van der Waals surface area contributed by atoms with Crippen molar-refractivity contribution in [1.82, 2.24) is 0 Å². The average Bonchev–Trinajstić information content (AvgIpc) is 2.46. The van der Waals surface area contributed by atoms with E-state index in [0.29, 0.717) is 12.2 Å². The SMILES string of the molecule is Cc1c(O)cc2c(c1C)O[C@](C)(CCC[C@@H](C)C(=O)O)CC2. The molecule has 1 aliphatic rings. The molecule has 2 N–H and O–H groups in total. The lowest BCUT2D eigenvalue weighted by atomic mass is 9.86. The molecular formula is C18H26O4. The molecule has 1 heterocycles. The number of hydrogen-bond donors (Lipinski definition) is 2. The monoisotopic (exact) mass is 306 g/mol. The van der Waals surface area contributed by atoms with E-state index in [-0.39, 0.29) is 11.5 Å². The van der Waals surface area contributed by atoms with Gasteiger partial charge in [0.15, 0.2) is 0 Å². The summed E-state index contributed by atoms with van der Waals surface area (Å²) in [5.41, 5.74) is 2.68. The standard InChI is InChI=1S/C18H26O4/c1-11(17(20)21)6-5-8-18(4)9-7-14-10-15(19)12(2)13(3)16(14)22-18/h10-11,19H,5-9H2,1-4H3,(H,20,21)/t11-,18-/m1/s1. The molecule has 0 aromatic heterocycles. The van der Waals surface area contributed by atoms with Crippen LogP contribution in [-0.4, -0.2) is 21.8 Å². The number of fused-ring (bicyclic) bond motifs is 1. The zero-order chi connectivity index (χ0) is 16.5. The first-order chi connectivity index (χ1) is 10.2. The Bertz CT molecular complexity index is 579. The van der Waals surface area contributed by atoms with Crippen molar-refractivity contribution in [2.24, 2.45) is 5.92 Å². The molecular weight excluding hydrogens is 280 g/mol. The van der Waals surface area contributed by atoms with E-state index in [1.165, 1.54) is 0 Å². The maximum atomic E-state index is 10.9. The Morgan fingerprint density at radius 2 is 2.09 bits per heavy atom. The van der Waals surface area contributed by atoms with Gasteiger partial charge in [0.05, 0.1) is 5.92 Å². The second-order valence-corrected chi connectivity index (χ2v) is 6.82. The van der Waals surface area contributed by atoms with Gasteiger partial charge in [0, 0.05) is 0 Å². The molecule has 2 atom stereocenters. The number of aryl methyl sites for hydroxylation is 1. The molecule has 4 heteroatoms. The molecule has 22 heavy (non-hydrogen) atoms. The van der Waals surface area contributed by atoms with Crippen molar-refractivity contribution in [3.05, 3.63) is 22.8 Å². The third-order valence-corrected chi connectivity index (χ3v) is 4.93. The van der Waals surface area contributed by atoms with Gasteiger partial charge < -0.3 is 14.9 Å². The lowest BCUT2D eigenvalue weighted by molar-refractivity contribution is -0.141. The highest BCUT2D eigenvalue weighted by atomic mass is 16.5. The van der Waals surface area contributed by atoms with Crippen molar-refractivity contribution in [2.75, 3.05) is 0 Å². The molecule has 0 fully saturated rings. The van der Waals surface area contributed by atoms with Gasteiger partial charge in [-0.15, -0.1) is 0 Å². The number of benzene rings is 1. The van der Waals surface area contributed by atoms with Gasteiger partial charge >= 0.3 is 5.97 Å². The van der Waals surface area contributed by atoms with Crippen LogP contribution in [-0.2, 0) is 11.2 Å². The van der Waals surface area contributed by atoms with Crippen LogP contribution in [0.25, 0.3) is 0 Å². The third-order valence-electron chi connectivity index (χ3n) is 4.93. The number of carbonyl (C=O) groups is 1. The number of ether oxygens (including phenoxy) is 1. The Balaban J connectivity index is 2.07. The second kappa shape index (κ2) is 6.19. The highest BCUT2D eigenvalue weighted by Crippen LogP contribution is 2.41. The van der Waals surface area contributed by atoms with Crippen LogP contribution in [0, 0.1) is 19.8 Å². The molecule has 1 aromatic carbocycles. The van der Waals surface area contributed by atoms with Crippen LogP contribution in [0.4, 0.5) is 0 Å². The first-order valence-corrected chi connectivity index (χ1v) is 7.97. The van der Waals surface area contributed by atoms with Gasteiger partial charge in [-0.3, -0.25) is 4.79 Å². The Kier molecular flexibility index (Phi) is 4.69. The first-order valence-electron chi connectivity index (χ1n) is 7.97. The van der Waals surface area contributed by atoms with E-state index < -0.39 is 5.97 Å². The van der Waals surface area contributed by atoms with Crippen LogP contribution in [0.2, 0.25) is 0 Å². The zero-order valence-electron chi connectivity index (χ0n) is 13.9. The number of carboxylic acid groups (broad SMARTS) is 1. The highest BCUT2D eigenvalue weighted by molar-refractivity contribution is 5.69. The minimum atomic E-state index is -0.734. The quantitative estimate of drug-likeness (QED) is 0.863. The largest absolute Gasteiger partial charge is 0.508 e. The van der Waals surface area contributed by atoms with E-state index in [1.54, 1.807) is 6.92 Å². The molecule has 0 bridgehead atoms. The van der Waals surface area contributed by atoms with Gasteiger partial charge in [-0.25, -0.2) is 0 Å². The summed E-state index contributed by atoms with van der Waals surface area (Å²) < 4.78 is 6.27. The van der Waals surface area contributed by atoms with Gasteiger partial charge in [0.1, 0.15) is 17.1 Å². The number of phenolic OH excluding ortho intramolecular Hbond substituents is 1. The molecule has 1 aromatic rings. The van der Waals surface area contributed by atoms with Crippen LogP contribution < -0.4 is 4.74 Å². The van der Waals surface area contributed by atoms with Crippen molar-refractivity contribution >= 4 is 5.97 Å². The molecule has 0 saturated carbocycles. The molecule has 0 unspecified atom stereocenters. The minimum absolute atomic E-state index is 0.251. The topological polar surface area (TPSA) is 66.8 Å². The number of phenols is 1. The van der Waals surface area contributed by atoms with Gasteiger partial charge in [-0.1, -0.05) is 6.92 Å². The van der Waals surface area contributed by atoms with E-state index in [0.717, 1.165) is 48.1 Å². The smallest absolute Gasteiger partial charge is 0.306 e. The number of aromatic hydroxyl groups is 1. The van der Waals surface area contributed by atoms with Gasteiger partial charge in [0.25, 0.3) is 0 Å². The molecule has 122 valence electrons. The molecule has 0 spiro atoms. The fraction of sp³-hybridized carbons (Fsp3) is 0.611. The van der Waals surface area contributed by atoms with Crippen LogP contribution in [0.15, 0.2) is 6.07 Å². The predicted molar refractivity (Wildman–Crippen MR) is 85.6 cm³/mol. The van der Waals surface area contributed by atoms with Crippen LogP contribution in [0.3, 0.4) is 0 Å². The van der Waals surface area contributed by atoms with Crippen molar-refractivity contribution in [3.63, 3.8) is 0 Å². The van der Waals surface area contributed by atoms with Gasteiger partial charge in [-0.05, 0) is 75.6 Å². The molecule has 0 amide bonds. The summed E-state index contributed by atoms with van der Waals surface area (Å²) in [6.45, 7) is 7.72. The molecule has 2 rings (SSSR count). The number of rotatable bonds is 5. The van der Waals surface area contributed by atoms with E-state index in [4.69, 9.17) is 9.84 Å². The predicted octanol–water partition coefficient (Wildman–Crippen LogP) is 3.98. The summed E-state index contributed by atoms with van der Waals surface area (Å²) in [4.78, 5) is 10.9. The third kappa shape index (κ3) is 3.37. The maximum Gasteiger partial charge on any atom is 0.306 e. The fourth-order valence-electron chi connectivity index (χ4n) is 3.05. The highest BCUT2D eigenvalue weighted by Gasteiger charge is 2.33. The van der Waals surface area contributed by atoms with Crippen LogP contribution >= 0.6 is 0 Å². The first kappa shape index (κ1) is 16.7. The summed E-state index contributed by atoms with van der Waals surface area (Å²) in [5, 5.41) is 18.9. The van der Waals surface area contributed by atoms with Crippen LogP contribution in [0.1, 0.15) is 56.2 Å².